The molecule has 0 spiro atoms. The lowest BCUT2D eigenvalue weighted by atomic mass is 10.2. The molecule has 0 aliphatic rings. The van der Waals surface area contributed by atoms with E-state index in [4.69, 9.17) is 10.3 Å². The lowest BCUT2D eigenvalue weighted by Crippen LogP contribution is -2.06. The Balaban J connectivity index is 0.000000980. The molecule has 3 N–H and O–H groups in total. The van der Waals surface area contributed by atoms with Gasteiger partial charge in [0, 0.05) is 17.1 Å². The Hall–Kier alpha value is -1.52. The first-order chi connectivity index (χ1) is 6.29. The van der Waals surface area contributed by atoms with Crippen LogP contribution in [0.3, 0.4) is 0 Å². The highest BCUT2D eigenvalue weighted by molar-refractivity contribution is 5.85. The summed E-state index contributed by atoms with van der Waals surface area (Å²) in [6, 6.07) is 8.32. The number of hydrogen-bond donors (Lipinski definition) is 2. The van der Waals surface area contributed by atoms with Crippen LogP contribution in [0.1, 0.15) is 0 Å². The first-order valence-corrected chi connectivity index (χ1v) is 3.80. The highest BCUT2D eigenvalue weighted by Crippen LogP contribution is 2.16. The van der Waals surface area contributed by atoms with Crippen molar-refractivity contribution in [3.8, 4) is 0 Å². The van der Waals surface area contributed by atoms with Gasteiger partial charge in [0.2, 0.25) is 0 Å². The third-order valence-corrected chi connectivity index (χ3v) is 1.79. The third-order valence-electron chi connectivity index (χ3n) is 1.79. The molecule has 0 unspecified atom stereocenters. The Labute approximate surface area is 86.1 Å². The van der Waals surface area contributed by atoms with Gasteiger partial charge in [-0.25, -0.2) is 4.79 Å². The number of nitrogen functional groups attached to an aromatic ring is 1. The van der Waals surface area contributed by atoms with Gasteiger partial charge in [-0.3, -0.25) is 5.84 Å². The number of hydrazine groups is 1. The average molecular weight is 213 g/mol. The fourth-order valence-electron chi connectivity index (χ4n) is 1.16. The van der Waals surface area contributed by atoms with Crippen LogP contribution in [-0.2, 0) is 0 Å². The molecule has 14 heavy (non-hydrogen) atoms. The number of hydrogen-bond acceptors (Lipinski definition) is 4. The second kappa shape index (κ2) is 4.13. The van der Waals surface area contributed by atoms with Crippen LogP contribution in [0.5, 0.6) is 0 Å². The maximum Gasteiger partial charge on any atom is 0.336 e. The molecule has 0 aliphatic carbocycles. The molecule has 5 heteroatoms. The van der Waals surface area contributed by atoms with E-state index in [1.165, 1.54) is 6.07 Å². The minimum absolute atomic E-state index is 0. The van der Waals surface area contributed by atoms with Gasteiger partial charge in [0.15, 0.2) is 0 Å². The van der Waals surface area contributed by atoms with Gasteiger partial charge in [0.1, 0.15) is 5.58 Å². The molecule has 2 aromatic rings. The van der Waals surface area contributed by atoms with Gasteiger partial charge in [-0.05, 0) is 24.3 Å². The SMILES string of the molecule is Cl.NNc1ccc2oc(=O)ccc2c1. The summed E-state index contributed by atoms with van der Waals surface area (Å²) in [5.74, 6) is 5.23. The molecule has 0 atom stereocenters. The fourth-order valence-corrected chi connectivity index (χ4v) is 1.16. The smallest absolute Gasteiger partial charge is 0.336 e. The molecular formula is C9H9ClN2O2. The maximum atomic E-state index is 10.8. The molecule has 1 heterocycles. The molecule has 4 nitrogen and oxygen atoms in total. The summed E-state index contributed by atoms with van der Waals surface area (Å²) in [4.78, 5) is 10.8. The molecule has 1 aromatic heterocycles. The van der Waals surface area contributed by atoms with Crippen LogP contribution in [-0.4, -0.2) is 0 Å². The normalized spacial score (nSPS) is 9.50. The molecule has 2 rings (SSSR count). The Morgan fingerprint density at radius 1 is 1.21 bits per heavy atom. The van der Waals surface area contributed by atoms with Crippen molar-refractivity contribution < 1.29 is 4.42 Å². The average Bonchev–Trinajstić information content (AvgIpc) is 2.17. The van der Waals surface area contributed by atoms with E-state index >= 15 is 0 Å². The zero-order chi connectivity index (χ0) is 9.26. The number of nitrogens with two attached hydrogens (primary N) is 1. The second-order valence-electron chi connectivity index (χ2n) is 2.65. The predicted octanol–water partition coefficient (Wildman–Crippen LogP) is 1.50. The van der Waals surface area contributed by atoms with Crippen LogP contribution in [0.25, 0.3) is 11.0 Å². The number of anilines is 1. The third kappa shape index (κ3) is 1.86. The van der Waals surface area contributed by atoms with Crippen molar-refractivity contribution in [2.75, 3.05) is 5.43 Å². The number of benzene rings is 1. The minimum atomic E-state index is -0.346. The van der Waals surface area contributed by atoms with Crippen LogP contribution < -0.4 is 16.9 Å². The van der Waals surface area contributed by atoms with E-state index in [2.05, 4.69) is 5.43 Å². The lowest BCUT2D eigenvalue weighted by Gasteiger charge is -2.00. The van der Waals surface area contributed by atoms with Crippen LogP contribution in [0.15, 0.2) is 39.5 Å². The Kier molecular flexibility index (Phi) is 3.11. The Bertz CT molecular complexity index is 495. The van der Waals surface area contributed by atoms with Crippen molar-refractivity contribution in [2.24, 2.45) is 5.84 Å². The summed E-state index contributed by atoms with van der Waals surface area (Å²) in [6.07, 6.45) is 0. The number of rotatable bonds is 1. The lowest BCUT2D eigenvalue weighted by molar-refractivity contribution is 0.561. The van der Waals surface area contributed by atoms with Crippen LogP contribution >= 0.6 is 12.4 Å². The van der Waals surface area contributed by atoms with Gasteiger partial charge in [-0.1, -0.05) is 0 Å². The Morgan fingerprint density at radius 2 is 2.00 bits per heavy atom. The number of fused-ring (bicyclic) bond motifs is 1. The first kappa shape index (κ1) is 10.6. The summed E-state index contributed by atoms with van der Waals surface area (Å²) in [7, 11) is 0. The first-order valence-electron chi connectivity index (χ1n) is 3.80. The second-order valence-corrected chi connectivity index (χ2v) is 2.65. The summed E-state index contributed by atoms with van der Waals surface area (Å²) in [6.45, 7) is 0. The van der Waals surface area contributed by atoms with Crippen molar-refractivity contribution in [1.82, 2.24) is 0 Å². The summed E-state index contributed by atoms with van der Waals surface area (Å²) >= 11 is 0. The summed E-state index contributed by atoms with van der Waals surface area (Å²) in [5, 5.41) is 0.843. The molecule has 0 saturated heterocycles. The van der Waals surface area contributed by atoms with Gasteiger partial charge >= 0.3 is 5.63 Å². The van der Waals surface area contributed by atoms with Gasteiger partial charge in [-0.2, -0.15) is 0 Å². The molecule has 0 aliphatic heterocycles. The van der Waals surface area contributed by atoms with Gasteiger partial charge in [-0.15, -0.1) is 12.4 Å². The predicted molar refractivity (Wildman–Crippen MR) is 57.5 cm³/mol. The van der Waals surface area contributed by atoms with Crippen molar-refractivity contribution in [3.63, 3.8) is 0 Å². The standard InChI is InChI=1S/C9H8N2O2.ClH/c10-11-7-2-3-8-6(5-7)1-4-9(12)13-8;/h1-5,11H,10H2;1H. The number of nitrogens with one attached hydrogen (secondary N) is 1. The van der Waals surface area contributed by atoms with E-state index in [1.807, 2.05) is 0 Å². The van der Waals surface area contributed by atoms with E-state index < -0.39 is 0 Å². The van der Waals surface area contributed by atoms with Gasteiger partial charge < -0.3 is 9.84 Å². The highest BCUT2D eigenvalue weighted by atomic mass is 35.5. The zero-order valence-electron chi connectivity index (χ0n) is 7.19. The molecule has 0 amide bonds. The van der Waals surface area contributed by atoms with E-state index in [9.17, 15) is 4.79 Å². The van der Waals surface area contributed by atoms with Crippen LogP contribution in [0.2, 0.25) is 0 Å². The summed E-state index contributed by atoms with van der Waals surface area (Å²) in [5.41, 5.74) is 3.51. The molecule has 74 valence electrons. The van der Waals surface area contributed by atoms with Crippen LogP contribution in [0.4, 0.5) is 5.69 Å². The van der Waals surface area contributed by atoms with Crippen molar-refractivity contribution >= 4 is 29.1 Å². The van der Waals surface area contributed by atoms with E-state index in [-0.39, 0.29) is 18.0 Å². The summed E-state index contributed by atoms with van der Waals surface area (Å²) < 4.78 is 4.94. The van der Waals surface area contributed by atoms with Gasteiger partial charge in [0.25, 0.3) is 0 Å². The zero-order valence-corrected chi connectivity index (χ0v) is 8.01. The largest absolute Gasteiger partial charge is 0.423 e. The molecular weight excluding hydrogens is 204 g/mol. The van der Waals surface area contributed by atoms with Crippen molar-refractivity contribution in [2.45, 2.75) is 0 Å². The van der Waals surface area contributed by atoms with Crippen molar-refractivity contribution in [3.05, 3.63) is 40.8 Å². The van der Waals surface area contributed by atoms with Gasteiger partial charge in [0.05, 0.1) is 0 Å². The van der Waals surface area contributed by atoms with E-state index in [0.29, 0.717) is 5.58 Å². The minimum Gasteiger partial charge on any atom is -0.423 e. The quantitative estimate of drug-likeness (QED) is 0.427. The van der Waals surface area contributed by atoms with E-state index in [0.717, 1.165) is 11.1 Å². The van der Waals surface area contributed by atoms with Crippen molar-refractivity contribution in [1.29, 1.82) is 0 Å². The maximum absolute atomic E-state index is 10.8. The molecule has 0 bridgehead atoms. The fraction of sp³-hybridized carbons (Fsp3) is 0. The Morgan fingerprint density at radius 3 is 2.71 bits per heavy atom. The van der Waals surface area contributed by atoms with E-state index in [1.54, 1.807) is 24.3 Å². The molecule has 0 radical (unpaired) electrons. The monoisotopic (exact) mass is 212 g/mol. The molecule has 1 aromatic carbocycles. The molecule has 0 saturated carbocycles. The topological polar surface area (TPSA) is 68.3 Å². The van der Waals surface area contributed by atoms with Crippen LogP contribution in [0, 0.1) is 0 Å². The number of halogens is 1. The highest BCUT2D eigenvalue weighted by Gasteiger charge is 1.97. The molecule has 0 fully saturated rings.